The number of hydrogen-bond donors (Lipinski definition) is 0. The first-order chi connectivity index (χ1) is 26.8. The molecule has 2 aliphatic rings. The molecular formula is C52H36N2. The van der Waals surface area contributed by atoms with E-state index in [9.17, 15) is 0 Å². The van der Waals surface area contributed by atoms with Crippen LogP contribution in [0.2, 0.25) is 0 Å². The van der Waals surface area contributed by atoms with E-state index in [1.807, 2.05) is 0 Å². The number of hydrogen-bond acceptors (Lipinski definition) is 1. The van der Waals surface area contributed by atoms with E-state index in [1.165, 1.54) is 82.9 Å². The van der Waals surface area contributed by atoms with Gasteiger partial charge in [-0.05, 0) is 98.2 Å². The van der Waals surface area contributed by atoms with Crippen molar-refractivity contribution in [3.8, 4) is 39.1 Å². The monoisotopic (exact) mass is 688 g/mol. The van der Waals surface area contributed by atoms with Crippen LogP contribution in [-0.2, 0) is 0 Å². The Morgan fingerprint density at radius 2 is 0.981 bits per heavy atom. The van der Waals surface area contributed by atoms with Crippen LogP contribution in [0.1, 0.15) is 11.5 Å². The van der Waals surface area contributed by atoms with Gasteiger partial charge in [0, 0.05) is 28.1 Å². The van der Waals surface area contributed by atoms with Gasteiger partial charge >= 0.3 is 0 Å². The normalized spacial score (nSPS) is 16.0. The van der Waals surface area contributed by atoms with Gasteiger partial charge in [-0.3, -0.25) is 0 Å². The molecule has 11 rings (SSSR count). The molecule has 254 valence electrons. The highest BCUT2D eigenvalue weighted by Crippen LogP contribution is 2.53. The van der Waals surface area contributed by atoms with Gasteiger partial charge in [-0.25, -0.2) is 0 Å². The molecule has 0 radical (unpaired) electrons. The topological polar surface area (TPSA) is 8.17 Å². The van der Waals surface area contributed by atoms with Crippen molar-refractivity contribution in [2.24, 2.45) is 0 Å². The highest BCUT2D eigenvalue weighted by Gasteiger charge is 2.40. The molecule has 1 aliphatic heterocycles. The van der Waals surface area contributed by atoms with Gasteiger partial charge in [0.1, 0.15) is 0 Å². The molecule has 0 spiro atoms. The van der Waals surface area contributed by atoms with Gasteiger partial charge in [-0.15, -0.1) is 0 Å². The largest absolute Gasteiger partial charge is 0.332 e. The minimum Gasteiger partial charge on any atom is -0.332 e. The van der Waals surface area contributed by atoms with Crippen LogP contribution in [-0.4, -0.2) is 10.6 Å². The summed E-state index contributed by atoms with van der Waals surface area (Å²) in [6, 6.07) is 67.0. The standard InChI is InChI=1S/C52H36N2/c1-3-13-35(14-4-1)40-31-41(36-15-5-2-6-16-36)33-42(32-40)38-23-26-43(27-24-38)53-49-21-11-9-19-45(49)47-29-30-48-46-20-10-12-22-50(46)54(52(48)51(47)53)44-28-25-37-17-7-8-18-39(37)34-44/h1-34,46,50H. The highest BCUT2D eigenvalue weighted by molar-refractivity contribution is 6.15. The lowest BCUT2D eigenvalue weighted by Gasteiger charge is -2.29. The molecule has 2 atom stereocenters. The van der Waals surface area contributed by atoms with E-state index in [4.69, 9.17) is 0 Å². The van der Waals surface area contributed by atoms with Crippen LogP contribution in [0.25, 0.3) is 71.6 Å². The zero-order chi connectivity index (χ0) is 35.6. The minimum absolute atomic E-state index is 0.196. The Morgan fingerprint density at radius 3 is 1.70 bits per heavy atom. The van der Waals surface area contributed by atoms with Crippen molar-refractivity contribution < 1.29 is 0 Å². The fourth-order valence-electron chi connectivity index (χ4n) is 8.94. The molecular weight excluding hydrogens is 653 g/mol. The van der Waals surface area contributed by atoms with Crippen LogP contribution >= 0.6 is 0 Å². The molecule has 8 aromatic carbocycles. The Bertz CT molecular complexity index is 2870. The van der Waals surface area contributed by atoms with Crippen molar-refractivity contribution >= 4 is 44.0 Å². The van der Waals surface area contributed by atoms with Crippen molar-refractivity contribution in [1.82, 2.24) is 4.57 Å². The Labute approximate surface area is 315 Å². The van der Waals surface area contributed by atoms with Crippen LogP contribution in [0.5, 0.6) is 0 Å². The molecule has 0 N–H and O–H groups in total. The molecule has 0 bridgehead atoms. The number of rotatable bonds is 5. The number of para-hydroxylation sites is 1. The first-order valence-electron chi connectivity index (χ1n) is 18.8. The molecule has 0 saturated carbocycles. The third-order valence-corrected chi connectivity index (χ3v) is 11.5. The molecule has 0 fully saturated rings. The van der Waals surface area contributed by atoms with E-state index < -0.39 is 0 Å². The van der Waals surface area contributed by atoms with E-state index in [0.717, 1.165) is 5.69 Å². The van der Waals surface area contributed by atoms with Crippen LogP contribution in [0, 0.1) is 0 Å². The number of aromatic nitrogens is 1. The lowest BCUT2D eigenvalue weighted by Crippen LogP contribution is -2.28. The first-order valence-corrected chi connectivity index (χ1v) is 18.8. The summed E-state index contributed by atoms with van der Waals surface area (Å²) in [6.07, 6.45) is 9.18. The predicted molar refractivity (Wildman–Crippen MR) is 228 cm³/mol. The smallest absolute Gasteiger partial charge is 0.0782 e. The number of nitrogens with zero attached hydrogens (tertiary/aromatic N) is 2. The number of allylic oxidation sites excluding steroid dienone is 2. The van der Waals surface area contributed by atoms with Crippen LogP contribution < -0.4 is 4.90 Å². The SMILES string of the molecule is C1=CC2c3ccc4c5ccccc5n(-c5ccc(-c6cc(-c7ccccc7)cc(-c7ccccc7)c6)cc5)c4c3N(c3ccc4ccccc4c3)C2C=C1. The van der Waals surface area contributed by atoms with Crippen molar-refractivity contribution in [2.75, 3.05) is 4.90 Å². The fourth-order valence-corrected chi connectivity index (χ4v) is 8.94. The zero-order valence-corrected chi connectivity index (χ0v) is 29.7. The van der Waals surface area contributed by atoms with Gasteiger partial charge < -0.3 is 9.47 Å². The van der Waals surface area contributed by atoms with Gasteiger partial charge in [0.2, 0.25) is 0 Å². The van der Waals surface area contributed by atoms with Crippen molar-refractivity contribution in [3.05, 3.63) is 212 Å². The molecule has 0 saturated heterocycles. The average molecular weight is 689 g/mol. The molecule has 9 aromatic rings. The molecule has 1 aliphatic carbocycles. The van der Waals surface area contributed by atoms with Gasteiger partial charge in [0.15, 0.2) is 0 Å². The van der Waals surface area contributed by atoms with Crippen molar-refractivity contribution in [1.29, 1.82) is 0 Å². The summed E-state index contributed by atoms with van der Waals surface area (Å²) in [5.74, 6) is 0.269. The predicted octanol–water partition coefficient (Wildman–Crippen LogP) is 13.7. The zero-order valence-electron chi connectivity index (χ0n) is 29.7. The van der Waals surface area contributed by atoms with Gasteiger partial charge in [0.25, 0.3) is 0 Å². The second-order valence-electron chi connectivity index (χ2n) is 14.5. The van der Waals surface area contributed by atoms with E-state index in [2.05, 4.69) is 216 Å². The molecule has 2 nitrogen and oxygen atoms in total. The minimum atomic E-state index is 0.196. The van der Waals surface area contributed by atoms with Crippen molar-refractivity contribution in [2.45, 2.75) is 12.0 Å². The lowest BCUT2D eigenvalue weighted by atomic mass is 9.91. The van der Waals surface area contributed by atoms with E-state index in [0.29, 0.717) is 0 Å². The second-order valence-corrected chi connectivity index (χ2v) is 14.5. The Morgan fingerprint density at radius 1 is 0.389 bits per heavy atom. The molecule has 2 heterocycles. The molecule has 54 heavy (non-hydrogen) atoms. The highest BCUT2D eigenvalue weighted by atomic mass is 15.2. The first kappa shape index (κ1) is 30.7. The third kappa shape index (κ3) is 4.88. The second kappa shape index (κ2) is 12.4. The van der Waals surface area contributed by atoms with Crippen molar-refractivity contribution in [3.63, 3.8) is 0 Å². The molecule has 1 aromatic heterocycles. The Balaban J connectivity index is 1.10. The van der Waals surface area contributed by atoms with Gasteiger partial charge in [-0.2, -0.15) is 0 Å². The summed E-state index contributed by atoms with van der Waals surface area (Å²) in [6.45, 7) is 0. The van der Waals surface area contributed by atoms with E-state index in [-0.39, 0.29) is 12.0 Å². The summed E-state index contributed by atoms with van der Waals surface area (Å²) in [4.78, 5) is 2.60. The Kier molecular flexibility index (Phi) is 7.03. The number of benzene rings is 8. The average Bonchev–Trinajstić information content (AvgIpc) is 3.77. The summed E-state index contributed by atoms with van der Waals surface area (Å²) < 4.78 is 2.50. The maximum absolute atomic E-state index is 2.60. The maximum Gasteiger partial charge on any atom is 0.0782 e. The summed E-state index contributed by atoms with van der Waals surface area (Å²) in [7, 11) is 0. The maximum atomic E-state index is 2.60. The van der Waals surface area contributed by atoms with E-state index in [1.54, 1.807) is 0 Å². The van der Waals surface area contributed by atoms with Crippen LogP contribution in [0.3, 0.4) is 0 Å². The van der Waals surface area contributed by atoms with Gasteiger partial charge in [0.05, 0.1) is 22.8 Å². The summed E-state index contributed by atoms with van der Waals surface area (Å²) >= 11 is 0. The lowest BCUT2D eigenvalue weighted by molar-refractivity contribution is 0.745. The molecule has 2 unspecified atom stereocenters. The number of anilines is 2. The summed E-state index contributed by atoms with van der Waals surface area (Å²) in [5, 5.41) is 5.05. The Hall–Kier alpha value is -6.90. The van der Waals surface area contributed by atoms with Crippen LogP contribution in [0.4, 0.5) is 11.4 Å². The number of fused-ring (bicyclic) bond motifs is 8. The quantitative estimate of drug-likeness (QED) is 0.175. The van der Waals surface area contributed by atoms with Crippen LogP contribution in [0.15, 0.2) is 206 Å². The van der Waals surface area contributed by atoms with Gasteiger partial charge in [-0.1, -0.05) is 158 Å². The fraction of sp³-hybridized carbons (Fsp3) is 0.0385. The third-order valence-electron chi connectivity index (χ3n) is 11.5. The summed E-state index contributed by atoms with van der Waals surface area (Å²) in [5.41, 5.74) is 14.8. The molecule has 0 amide bonds. The molecule has 2 heteroatoms. The van der Waals surface area contributed by atoms with E-state index >= 15 is 0 Å².